The maximum absolute atomic E-state index is 5.28. The number of anilines is 1. The molecule has 0 aliphatic rings. The molecule has 0 saturated heterocycles. The molecule has 0 saturated carbocycles. The first-order valence-electron chi connectivity index (χ1n) is 5.92. The third-order valence-corrected chi connectivity index (χ3v) is 2.85. The zero-order chi connectivity index (χ0) is 13.1. The first-order chi connectivity index (χ1) is 9.36. The Kier molecular flexibility index (Phi) is 3.02. The van der Waals surface area contributed by atoms with Crippen LogP contribution >= 0.6 is 0 Å². The van der Waals surface area contributed by atoms with E-state index in [4.69, 9.17) is 9.15 Å². The van der Waals surface area contributed by atoms with Crippen LogP contribution < -0.4 is 10.1 Å². The van der Waals surface area contributed by atoms with Crippen molar-refractivity contribution < 1.29 is 9.15 Å². The van der Waals surface area contributed by atoms with Crippen LogP contribution in [0.3, 0.4) is 0 Å². The number of benzene rings is 1. The summed E-state index contributed by atoms with van der Waals surface area (Å²) in [5, 5.41) is 4.17. The lowest BCUT2D eigenvalue weighted by molar-refractivity contribution is 0.415. The van der Waals surface area contributed by atoms with E-state index in [1.165, 1.54) is 0 Å². The van der Waals surface area contributed by atoms with Gasteiger partial charge < -0.3 is 14.5 Å². The van der Waals surface area contributed by atoms with Gasteiger partial charge in [-0.1, -0.05) is 0 Å². The number of hydrogen-bond donors (Lipinski definition) is 1. The van der Waals surface area contributed by atoms with Crippen LogP contribution in [0.5, 0.6) is 5.75 Å². The minimum atomic E-state index is 0.580. The fraction of sp³-hybridized carbons (Fsp3) is 0.143. The van der Waals surface area contributed by atoms with Gasteiger partial charge in [-0.15, -0.1) is 0 Å². The highest BCUT2D eigenvalue weighted by atomic mass is 16.5. The van der Waals surface area contributed by atoms with Crippen molar-refractivity contribution in [2.45, 2.75) is 6.54 Å². The van der Waals surface area contributed by atoms with Gasteiger partial charge in [-0.25, -0.2) is 9.97 Å². The van der Waals surface area contributed by atoms with E-state index in [0.29, 0.717) is 6.54 Å². The normalized spacial score (nSPS) is 10.6. The van der Waals surface area contributed by atoms with Gasteiger partial charge in [0.2, 0.25) is 0 Å². The zero-order valence-electron chi connectivity index (χ0n) is 10.5. The van der Waals surface area contributed by atoms with E-state index in [1.807, 2.05) is 30.3 Å². The van der Waals surface area contributed by atoms with Crippen LogP contribution in [0.25, 0.3) is 10.9 Å². The van der Waals surface area contributed by atoms with Crippen molar-refractivity contribution in [2.24, 2.45) is 0 Å². The summed E-state index contributed by atoms with van der Waals surface area (Å²) in [4.78, 5) is 8.49. The van der Waals surface area contributed by atoms with Crippen LogP contribution in [0.15, 0.2) is 47.3 Å². The van der Waals surface area contributed by atoms with E-state index >= 15 is 0 Å². The average Bonchev–Trinajstić information content (AvgIpc) is 2.97. The van der Waals surface area contributed by atoms with Crippen LogP contribution in [0.4, 0.5) is 5.82 Å². The van der Waals surface area contributed by atoms with Crippen LogP contribution in [-0.4, -0.2) is 17.1 Å². The molecule has 0 fully saturated rings. The lowest BCUT2D eigenvalue weighted by Gasteiger charge is -2.08. The van der Waals surface area contributed by atoms with Gasteiger partial charge in [-0.3, -0.25) is 0 Å². The second kappa shape index (κ2) is 4.97. The number of hydrogen-bond acceptors (Lipinski definition) is 5. The molecule has 0 unspecified atom stereocenters. The molecule has 0 spiro atoms. The number of rotatable bonds is 4. The van der Waals surface area contributed by atoms with Crippen molar-refractivity contribution in [3.05, 3.63) is 48.7 Å². The Balaban J connectivity index is 1.93. The van der Waals surface area contributed by atoms with Gasteiger partial charge in [0.15, 0.2) is 0 Å². The second-order valence-electron chi connectivity index (χ2n) is 4.04. The van der Waals surface area contributed by atoms with Crippen molar-refractivity contribution in [3.63, 3.8) is 0 Å². The molecule has 19 heavy (non-hydrogen) atoms. The second-order valence-corrected chi connectivity index (χ2v) is 4.04. The SMILES string of the molecule is COc1ccc2ncnc(NCc3ccco3)c2c1. The molecule has 3 rings (SSSR count). The van der Waals surface area contributed by atoms with E-state index in [1.54, 1.807) is 19.7 Å². The number of fused-ring (bicyclic) bond motifs is 1. The summed E-state index contributed by atoms with van der Waals surface area (Å²) in [5.74, 6) is 2.40. The molecular weight excluding hydrogens is 242 g/mol. The van der Waals surface area contributed by atoms with Crippen molar-refractivity contribution >= 4 is 16.7 Å². The van der Waals surface area contributed by atoms with E-state index in [2.05, 4.69) is 15.3 Å². The van der Waals surface area contributed by atoms with Crippen LogP contribution in [-0.2, 0) is 6.54 Å². The highest BCUT2D eigenvalue weighted by Gasteiger charge is 2.05. The molecule has 2 aromatic heterocycles. The summed E-state index contributed by atoms with van der Waals surface area (Å²) in [5.41, 5.74) is 0.873. The van der Waals surface area contributed by atoms with Gasteiger partial charge in [0.25, 0.3) is 0 Å². The standard InChI is InChI=1S/C14H13N3O2/c1-18-10-4-5-13-12(7-10)14(17-9-16-13)15-8-11-3-2-6-19-11/h2-7,9H,8H2,1H3,(H,15,16,17). The Morgan fingerprint density at radius 2 is 2.21 bits per heavy atom. The van der Waals surface area contributed by atoms with Gasteiger partial charge >= 0.3 is 0 Å². The number of furan rings is 1. The number of aromatic nitrogens is 2. The van der Waals surface area contributed by atoms with Gasteiger partial charge in [-0.05, 0) is 30.3 Å². The molecule has 1 aromatic carbocycles. The topological polar surface area (TPSA) is 60.2 Å². The molecule has 0 amide bonds. The number of ether oxygens (including phenoxy) is 1. The molecule has 0 atom stereocenters. The molecule has 3 aromatic rings. The van der Waals surface area contributed by atoms with Crippen LogP contribution in [0.1, 0.15) is 5.76 Å². The lowest BCUT2D eigenvalue weighted by atomic mass is 10.2. The summed E-state index contributed by atoms with van der Waals surface area (Å²) in [6.07, 6.45) is 3.19. The highest BCUT2D eigenvalue weighted by Crippen LogP contribution is 2.24. The summed E-state index contributed by atoms with van der Waals surface area (Å²) >= 11 is 0. The Bertz CT molecular complexity index is 680. The van der Waals surface area contributed by atoms with Crippen LogP contribution in [0, 0.1) is 0 Å². The summed E-state index contributed by atoms with van der Waals surface area (Å²) in [6, 6.07) is 9.48. The predicted molar refractivity (Wildman–Crippen MR) is 72.1 cm³/mol. The number of nitrogens with one attached hydrogen (secondary N) is 1. The molecule has 1 N–H and O–H groups in total. The Labute approximate surface area is 110 Å². The molecule has 0 bridgehead atoms. The maximum atomic E-state index is 5.28. The largest absolute Gasteiger partial charge is 0.497 e. The van der Waals surface area contributed by atoms with E-state index in [0.717, 1.165) is 28.2 Å². The van der Waals surface area contributed by atoms with Crippen molar-refractivity contribution in [3.8, 4) is 5.75 Å². The van der Waals surface area contributed by atoms with Crippen LogP contribution in [0.2, 0.25) is 0 Å². The fourth-order valence-electron chi connectivity index (χ4n) is 1.89. The molecule has 5 nitrogen and oxygen atoms in total. The first-order valence-corrected chi connectivity index (χ1v) is 5.92. The highest BCUT2D eigenvalue weighted by molar-refractivity contribution is 5.89. The average molecular weight is 255 g/mol. The summed E-state index contributed by atoms with van der Waals surface area (Å²) in [6.45, 7) is 0.580. The molecule has 0 aliphatic heterocycles. The van der Waals surface area contributed by atoms with Gasteiger partial charge in [0.05, 0.1) is 25.4 Å². The van der Waals surface area contributed by atoms with Crippen molar-refractivity contribution in [1.82, 2.24) is 9.97 Å². The van der Waals surface area contributed by atoms with E-state index in [-0.39, 0.29) is 0 Å². The molecule has 2 heterocycles. The Hall–Kier alpha value is -2.56. The first kappa shape index (κ1) is 11.5. The molecule has 0 radical (unpaired) electrons. The number of methoxy groups -OCH3 is 1. The van der Waals surface area contributed by atoms with Gasteiger partial charge in [0, 0.05) is 5.39 Å². The molecule has 0 aliphatic carbocycles. The lowest BCUT2D eigenvalue weighted by Crippen LogP contribution is -2.01. The van der Waals surface area contributed by atoms with Gasteiger partial charge in [-0.2, -0.15) is 0 Å². The van der Waals surface area contributed by atoms with Crippen molar-refractivity contribution in [2.75, 3.05) is 12.4 Å². The molecule has 96 valence electrons. The Morgan fingerprint density at radius 3 is 3.00 bits per heavy atom. The predicted octanol–water partition coefficient (Wildman–Crippen LogP) is 2.84. The minimum Gasteiger partial charge on any atom is -0.497 e. The van der Waals surface area contributed by atoms with E-state index < -0.39 is 0 Å². The zero-order valence-corrected chi connectivity index (χ0v) is 10.5. The molecule has 5 heteroatoms. The third-order valence-electron chi connectivity index (χ3n) is 2.85. The maximum Gasteiger partial charge on any atom is 0.137 e. The monoisotopic (exact) mass is 255 g/mol. The van der Waals surface area contributed by atoms with E-state index in [9.17, 15) is 0 Å². The van der Waals surface area contributed by atoms with Gasteiger partial charge in [0.1, 0.15) is 23.7 Å². The smallest absolute Gasteiger partial charge is 0.137 e. The number of nitrogens with zero attached hydrogens (tertiary/aromatic N) is 2. The third kappa shape index (κ3) is 2.35. The summed E-state index contributed by atoms with van der Waals surface area (Å²) < 4.78 is 10.5. The Morgan fingerprint density at radius 1 is 1.26 bits per heavy atom. The fourth-order valence-corrected chi connectivity index (χ4v) is 1.89. The molecular formula is C14H13N3O2. The van der Waals surface area contributed by atoms with Crippen molar-refractivity contribution in [1.29, 1.82) is 0 Å². The summed E-state index contributed by atoms with van der Waals surface area (Å²) in [7, 11) is 1.64. The quantitative estimate of drug-likeness (QED) is 0.776. The minimum absolute atomic E-state index is 0.580.